The number of hydrogen-bond donors (Lipinski definition) is 2. The number of carbonyl (C=O) groups excluding carboxylic acids is 5. The number of nitrogens with one attached hydrogen (secondary N) is 2. The molecule has 0 heterocycles. The van der Waals surface area contributed by atoms with E-state index in [0.29, 0.717) is 361 Å². The molecular formula is C77H140N2O30. The Kier molecular flexibility index (Phi) is 78.9. The van der Waals surface area contributed by atoms with Crippen LogP contribution in [0.5, 0.6) is 0 Å². The number of unbranched alkanes of at least 4 members (excludes halogenated alkanes) is 3. The molecule has 0 saturated heterocycles. The van der Waals surface area contributed by atoms with E-state index in [-0.39, 0.29) is 48.3 Å². The van der Waals surface area contributed by atoms with E-state index in [1.807, 2.05) is 20.8 Å². The summed E-state index contributed by atoms with van der Waals surface area (Å²) in [4.78, 5) is 63.6. The molecule has 0 radical (unpaired) electrons. The number of Topliss-reactive ketones (excluding diaryl/α,β-unsaturated/α-hetero) is 2. The van der Waals surface area contributed by atoms with Gasteiger partial charge in [-0.2, -0.15) is 0 Å². The van der Waals surface area contributed by atoms with E-state index in [1.54, 1.807) is 31.4 Å². The predicted molar refractivity (Wildman–Crippen MR) is 403 cm³/mol. The summed E-state index contributed by atoms with van der Waals surface area (Å²) in [6, 6.07) is 6.26. The van der Waals surface area contributed by atoms with Crippen molar-refractivity contribution in [1.82, 2.24) is 5.32 Å². The minimum Gasteiger partial charge on any atom is -0.461 e. The summed E-state index contributed by atoms with van der Waals surface area (Å²) in [7, 11) is 1.64. The summed E-state index contributed by atoms with van der Waals surface area (Å²) in [5.41, 5.74) is 1.32. The quantitative estimate of drug-likeness (QED) is 0.0598. The van der Waals surface area contributed by atoms with Gasteiger partial charge in [-0.1, -0.05) is 52.2 Å². The number of amides is 2. The number of methoxy groups -OCH3 is 1. The molecule has 638 valence electrons. The monoisotopic (exact) mass is 1570 g/mol. The lowest BCUT2D eigenvalue weighted by molar-refractivity contribution is -0.142. The Morgan fingerprint density at radius 3 is 0.890 bits per heavy atom. The molecule has 109 heavy (non-hydrogen) atoms. The highest BCUT2D eigenvalue weighted by molar-refractivity contribution is 5.97. The molecule has 2 amide bonds. The van der Waals surface area contributed by atoms with Crippen molar-refractivity contribution in [2.45, 2.75) is 105 Å². The highest BCUT2D eigenvalue weighted by Crippen LogP contribution is 2.22. The second-order valence-electron chi connectivity index (χ2n) is 24.7. The van der Waals surface area contributed by atoms with Gasteiger partial charge in [0, 0.05) is 51.3 Å². The molecule has 1 rings (SSSR count). The molecular weight excluding hydrogens is 1430 g/mol. The fourth-order valence-corrected chi connectivity index (χ4v) is 9.29. The maximum atomic E-state index is 13.6. The second kappa shape index (κ2) is 83.4. The fraction of sp³-hybridized carbons (Fsp3) is 0.857. The number of benzene rings is 1. The largest absolute Gasteiger partial charge is 0.461 e. The summed E-state index contributed by atoms with van der Waals surface area (Å²) >= 11 is 0. The normalized spacial score (nSPS) is 12.2. The van der Waals surface area contributed by atoms with Gasteiger partial charge in [-0.15, -0.1) is 0 Å². The van der Waals surface area contributed by atoms with E-state index in [0.717, 1.165) is 18.4 Å². The lowest BCUT2D eigenvalue weighted by atomic mass is 9.88. The first-order chi connectivity index (χ1) is 53.6. The van der Waals surface area contributed by atoms with E-state index < -0.39 is 12.0 Å². The molecule has 1 aromatic carbocycles. The number of rotatable bonds is 90. The van der Waals surface area contributed by atoms with Gasteiger partial charge in [0.15, 0.2) is 5.78 Å². The van der Waals surface area contributed by atoms with E-state index in [2.05, 4.69) is 10.6 Å². The molecule has 0 aliphatic heterocycles. The van der Waals surface area contributed by atoms with Crippen molar-refractivity contribution in [3.8, 4) is 0 Å². The summed E-state index contributed by atoms with van der Waals surface area (Å²) in [6.45, 7) is 29.3. The van der Waals surface area contributed by atoms with Crippen LogP contribution in [0.25, 0.3) is 0 Å². The number of anilines is 1. The average molecular weight is 1570 g/mol. The number of hydrogen-bond acceptors (Lipinski definition) is 30. The van der Waals surface area contributed by atoms with Crippen molar-refractivity contribution in [1.29, 1.82) is 0 Å². The van der Waals surface area contributed by atoms with Gasteiger partial charge >= 0.3 is 5.97 Å². The summed E-state index contributed by atoms with van der Waals surface area (Å²) in [6.07, 6.45) is 5.02. The zero-order valence-electron chi connectivity index (χ0n) is 66.8. The third kappa shape index (κ3) is 75.1. The van der Waals surface area contributed by atoms with Crippen LogP contribution >= 0.6 is 0 Å². The molecule has 0 fully saturated rings. The molecule has 0 aliphatic rings. The third-order valence-electron chi connectivity index (χ3n) is 15.2. The van der Waals surface area contributed by atoms with Gasteiger partial charge < -0.3 is 129 Å². The standard InChI is InChI=1S/C77H140N2O30/c1-6-7-13-75(83)79-76(68(2)3)74(82)66-71(77(84)78-72-16-14-70(15-17-72)67-109-69(4)80)11-9-8-10-12-73(81)18-19-86-22-23-88-26-27-90-30-31-92-34-35-94-38-39-96-42-43-98-46-47-100-50-51-102-54-55-104-58-59-106-62-63-108-65-64-107-61-60-105-57-56-103-53-52-101-49-48-99-45-44-97-41-40-95-37-36-93-33-32-91-29-28-89-25-24-87-21-20-85-5/h14-17,68,71,76H,6-13,18-67H2,1-5H3,(H,78,84)(H,79,83)/t71-,76+/m1/s1. The number of esters is 1. The Balaban J connectivity index is 1.78. The maximum Gasteiger partial charge on any atom is 0.302 e. The fourth-order valence-electron chi connectivity index (χ4n) is 9.29. The molecule has 0 unspecified atom stereocenters. The van der Waals surface area contributed by atoms with Gasteiger partial charge in [0.25, 0.3) is 0 Å². The van der Waals surface area contributed by atoms with Crippen LogP contribution < -0.4 is 10.6 Å². The Labute approximate surface area is 649 Å². The average Bonchev–Trinajstić information content (AvgIpc) is 0.864. The zero-order chi connectivity index (χ0) is 78.7. The Hall–Kier alpha value is -3.99. The van der Waals surface area contributed by atoms with Crippen LogP contribution in [-0.2, 0) is 149 Å². The van der Waals surface area contributed by atoms with Crippen molar-refractivity contribution in [3.63, 3.8) is 0 Å². The van der Waals surface area contributed by atoms with E-state index in [1.165, 1.54) is 6.92 Å². The topological polar surface area (TPSA) is 340 Å². The van der Waals surface area contributed by atoms with Crippen molar-refractivity contribution in [3.05, 3.63) is 29.8 Å². The summed E-state index contributed by atoms with van der Waals surface area (Å²) < 4.78 is 137. The van der Waals surface area contributed by atoms with E-state index in [9.17, 15) is 24.0 Å². The molecule has 32 nitrogen and oxygen atoms in total. The molecule has 0 aliphatic carbocycles. The van der Waals surface area contributed by atoms with Crippen molar-refractivity contribution in [2.75, 3.05) is 323 Å². The Morgan fingerprint density at radius 1 is 0.339 bits per heavy atom. The van der Waals surface area contributed by atoms with Crippen LogP contribution in [0.3, 0.4) is 0 Å². The molecule has 2 N–H and O–H groups in total. The van der Waals surface area contributed by atoms with Crippen molar-refractivity contribution >= 4 is 35.0 Å². The zero-order valence-corrected chi connectivity index (χ0v) is 66.8. The first-order valence-corrected chi connectivity index (χ1v) is 39.2. The van der Waals surface area contributed by atoms with Crippen LogP contribution in [0.1, 0.15) is 97.5 Å². The van der Waals surface area contributed by atoms with Crippen molar-refractivity contribution < 1.29 is 142 Å². The SMILES string of the molecule is CCCCC(=O)N[C@H](C(=O)C[C@@H](CCCCCC(=O)CCOCCOCCOCCOCCOCCOCCOCCOCCOCCOCCOCCOCCOCCOCCOCCOCCOCCOCCOCCOCCOCCOCCOCCOC)C(=O)Nc1ccc(COC(C)=O)cc1)C(C)C. The highest BCUT2D eigenvalue weighted by Gasteiger charge is 2.29. The summed E-state index contributed by atoms with van der Waals surface area (Å²) in [5.74, 6) is -1.74. The van der Waals surface area contributed by atoms with Gasteiger partial charge in [0.2, 0.25) is 11.8 Å². The molecule has 0 saturated carbocycles. The van der Waals surface area contributed by atoms with E-state index in [4.69, 9.17) is 118 Å². The van der Waals surface area contributed by atoms with Gasteiger partial charge in [-0.3, -0.25) is 24.0 Å². The number of ketones is 2. The van der Waals surface area contributed by atoms with Gasteiger partial charge in [-0.25, -0.2) is 0 Å². The van der Waals surface area contributed by atoms with Crippen LogP contribution in [0.4, 0.5) is 5.69 Å². The first kappa shape index (κ1) is 103. The number of carbonyl (C=O) groups is 5. The highest BCUT2D eigenvalue weighted by atomic mass is 16.6. The predicted octanol–water partition coefficient (Wildman–Crippen LogP) is 5.53. The molecule has 0 spiro atoms. The molecule has 0 aromatic heterocycles. The lowest BCUT2D eigenvalue weighted by Gasteiger charge is -2.24. The second-order valence-corrected chi connectivity index (χ2v) is 24.7. The molecule has 0 bridgehead atoms. The van der Waals surface area contributed by atoms with Crippen LogP contribution in [-0.4, -0.2) is 353 Å². The van der Waals surface area contributed by atoms with Crippen LogP contribution in [0, 0.1) is 11.8 Å². The van der Waals surface area contributed by atoms with Crippen LogP contribution in [0.15, 0.2) is 24.3 Å². The van der Waals surface area contributed by atoms with Gasteiger partial charge in [0.05, 0.1) is 317 Å². The smallest absolute Gasteiger partial charge is 0.302 e. The number of ether oxygens (including phenoxy) is 25. The van der Waals surface area contributed by atoms with Gasteiger partial charge in [0.1, 0.15) is 12.4 Å². The van der Waals surface area contributed by atoms with Gasteiger partial charge in [-0.05, 0) is 42.9 Å². The van der Waals surface area contributed by atoms with Crippen molar-refractivity contribution in [2.24, 2.45) is 11.8 Å². The molecule has 32 heteroatoms. The summed E-state index contributed by atoms with van der Waals surface area (Å²) in [5, 5.41) is 5.82. The maximum absolute atomic E-state index is 13.6. The van der Waals surface area contributed by atoms with Crippen LogP contribution in [0.2, 0.25) is 0 Å². The minimum absolute atomic E-state index is 0.0276. The third-order valence-corrected chi connectivity index (χ3v) is 15.2. The lowest BCUT2D eigenvalue weighted by Crippen LogP contribution is -2.45. The molecule has 1 aromatic rings. The minimum atomic E-state index is -0.699. The van der Waals surface area contributed by atoms with E-state index >= 15 is 0 Å². The Bertz CT molecular complexity index is 2150. The Morgan fingerprint density at radius 2 is 0.624 bits per heavy atom. The molecule has 2 atom stereocenters. The first-order valence-electron chi connectivity index (χ1n) is 39.2.